The van der Waals surface area contributed by atoms with Crippen LogP contribution in [0.4, 0.5) is 11.4 Å². The van der Waals surface area contributed by atoms with E-state index in [-0.39, 0.29) is 23.8 Å². The number of esters is 1. The minimum absolute atomic E-state index is 0.0850. The zero-order valence-electron chi connectivity index (χ0n) is 13.9. The van der Waals surface area contributed by atoms with Gasteiger partial charge in [0, 0.05) is 38.7 Å². The zero-order chi connectivity index (χ0) is 17.7. The highest BCUT2D eigenvalue weighted by Gasteiger charge is 2.26. The van der Waals surface area contributed by atoms with Crippen LogP contribution in [0.25, 0.3) is 0 Å². The van der Waals surface area contributed by atoms with Crippen LogP contribution in [0.1, 0.15) is 30.6 Å². The molecule has 0 aromatic heterocycles. The SMILES string of the molecule is CCOC(=O)c1ccc(N2CCN(C(=O)CC)CC2)c([N+](=O)[O-])c1. The van der Waals surface area contributed by atoms with E-state index >= 15 is 0 Å². The minimum Gasteiger partial charge on any atom is -0.462 e. The summed E-state index contributed by atoms with van der Waals surface area (Å²) >= 11 is 0. The summed E-state index contributed by atoms with van der Waals surface area (Å²) in [5.74, 6) is -0.493. The predicted molar refractivity (Wildman–Crippen MR) is 88.1 cm³/mol. The summed E-state index contributed by atoms with van der Waals surface area (Å²) in [5, 5.41) is 11.4. The minimum atomic E-state index is -0.578. The summed E-state index contributed by atoms with van der Waals surface area (Å²) in [4.78, 5) is 38.0. The standard InChI is InChI=1S/C16H21N3O5/c1-3-15(20)18-9-7-17(8-10-18)13-6-5-12(16(21)24-4-2)11-14(13)19(22)23/h5-6,11H,3-4,7-10H2,1-2H3. The zero-order valence-corrected chi connectivity index (χ0v) is 13.9. The Hall–Kier alpha value is -2.64. The van der Waals surface area contributed by atoms with Gasteiger partial charge in [0.15, 0.2) is 0 Å². The largest absolute Gasteiger partial charge is 0.462 e. The Kier molecular flexibility index (Phi) is 5.73. The Balaban J connectivity index is 2.20. The van der Waals surface area contributed by atoms with Crippen LogP contribution in [0.2, 0.25) is 0 Å². The molecule has 1 heterocycles. The van der Waals surface area contributed by atoms with Crippen molar-refractivity contribution in [2.75, 3.05) is 37.7 Å². The summed E-state index contributed by atoms with van der Waals surface area (Å²) in [5.41, 5.74) is 0.486. The van der Waals surface area contributed by atoms with Gasteiger partial charge in [0.2, 0.25) is 5.91 Å². The number of rotatable bonds is 5. The van der Waals surface area contributed by atoms with Crippen molar-refractivity contribution in [2.24, 2.45) is 0 Å². The molecule has 8 heteroatoms. The Morgan fingerprint density at radius 3 is 2.42 bits per heavy atom. The molecule has 1 aliphatic heterocycles. The maximum atomic E-state index is 11.8. The fourth-order valence-corrected chi connectivity index (χ4v) is 2.70. The molecule has 0 unspecified atom stereocenters. The molecular weight excluding hydrogens is 314 g/mol. The molecule has 8 nitrogen and oxygen atoms in total. The molecule has 0 aliphatic carbocycles. The summed E-state index contributed by atoms with van der Waals surface area (Å²) in [7, 11) is 0. The lowest BCUT2D eigenvalue weighted by atomic mass is 10.1. The molecule has 1 aromatic carbocycles. The number of nitro groups is 1. The van der Waals surface area contributed by atoms with E-state index in [1.165, 1.54) is 12.1 Å². The second kappa shape index (κ2) is 7.76. The van der Waals surface area contributed by atoms with Crippen molar-refractivity contribution in [1.29, 1.82) is 0 Å². The number of piperazine rings is 1. The molecule has 1 aromatic rings. The van der Waals surface area contributed by atoms with E-state index in [4.69, 9.17) is 4.74 Å². The number of benzene rings is 1. The molecule has 1 saturated heterocycles. The third-order valence-corrected chi connectivity index (χ3v) is 3.96. The summed E-state index contributed by atoms with van der Waals surface area (Å²) in [6.07, 6.45) is 0.453. The lowest BCUT2D eigenvalue weighted by Gasteiger charge is -2.35. The van der Waals surface area contributed by atoms with E-state index in [2.05, 4.69) is 0 Å². The van der Waals surface area contributed by atoms with Crippen molar-refractivity contribution >= 4 is 23.3 Å². The number of amides is 1. The number of anilines is 1. The van der Waals surface area contributed by atoms with Crippen molar-refractivity contribution < 1.29 is 19.2 Å². The first-order valence-electron chi connectivity index (χ1n) is 7.96. The molecule has 0 saturated carbocycles. The molecule has 1 aliphatic rings. The van der Waals surface area contributed by atoms with E-state index in [1.54, 1.807) is 17.9 Å². The van der Waals surface area contributed by atoms with Crippen molar-refractivity contribution in [1.82, 2.24) is 4.90 Å². The van der Waals surface area contributed by atoms with Gasteiger partial charge in [0.1, 0.15) is 5.69 Å². The average Bonchev–Trinajstić information content (AvgIpc) is 2.60. The summed E-state index contributed by atoms with van der Waals surface area (Å²) in [6, 6.07) is 4.35. The number of nitro benzene ring substituents is 1. The third kappa shape index (κ3) is 3.81. The van der Waals surface area contributed by atoms with Gasteiger partial charge in [-0.05, 0) is 19.1 Å². The predicted octanol–water partition coefficient (Wildman–Crippen LogP) is 1.83. The number of ether oxygens (including phenoxy) is 1. The lowest BCUT2D eigenvalue weighted by Crippen LogP contribution is -2.48. The van der Waals surface area contributed by atoms with Crippen molar-refractivity contribution in [2.45, 2.75) is 20.3 Å². The molecule has 0 radical (unpaired) electrons. The Morgan fingerprint density at radius 2 is 1.88 bits per heavy atom. The van der Waals surface area contributed by atoms with E-state index in [0.29, 0.717) is 38.3 Å². The first-order chi connectivity index (χ1) is 11.5. The van der Waals surface area contributed by atoms with Crippen LogP contribution in [0.5, 0.6) is 0 Å². The Bertz CT molecular complexity index is 639. The first kappa shape index (κ1) is 17.7. The van der Waals surface area contributed by atoms with Crippen LogP contribution in [-0.4, -0.2) is 54.5 Å². The third-order valence-electron chi connectivity index (χ3n) is 3.96. The highest BCUT2D eigenvalue weighted by atomic mass is 16.6. The first-order valence-corrected chi connectivity index (χ1v) is 7.96. The molecular formula is C16H21N3O5. The van der Waals surface area contributed by atoms with Crippen LogP contribution in [0.15, 0.2) is 18.2 Å². The second-order valence-corrected chi connectivity index (χ2v) is 5.40. The van der Waals surface area contributed by atoms with Gasteiger partial charge in [-0.3, -0.25) is 14.9 Å². The molecule has 0 bridgehead atoms. The molecule has 0 N–H and O–H groups in total. The van der Waals surface area contributed by atoms with Crippen LogP contribution in [-0.2, 0) is 9.53 Å². The van der Waals surface area contributed by atoms with Gasteiger partial charge >= 0.3 is 5.97 Å². The van der Waals surface area contributed by atoms with Gasteiger partial charge in [-0.25, -0.2) is 4.79 Å². The molecule has 24 heavy (non-hydrogen) atoms. The van der Waals surface area contributed by atoms with E-state index in [9.17, 15) is 19.7 Å². The van der Waals surface area contributed by atoms with Crippen molar-refractivity contribution in [3.63, 3.8) is 0 Å². The molecule has 2 rings (SSSR count). The lowest BCUT2D eigenvalue weighted by molar-refractivity contribution is -0.384. The van der Waals surface area contributed by atoms with Gasteiger partial charge in [-0.2, -0.15) is 0 Å². The maximum Gasteiger partial charge on any atom is 0.338 e. The normalized spacial score (nSPS) is 14.4. The van der Waals surface area contributed by atoms with Gasteiger partial charge in [-0.1, -0.05) is 6.92 Å². The van der Waals surface area contributed by atoms with Gasteiger partial charge in [0.05, 0.1) is 17.1 Å². The van der Waals surface area contributed by atoms with Crippen molar-refractivity contribution in [3.8, 4) is 0 Å². The molecule has 130 valence electrons. The monoisotopic (exact) mass is 335 g/mol. The maximum absolute atomic E-state index is 11.8. The number of hydrogen-bond acceptors (Lipinski definition) is 6. The fraction of sp³-hybridized carbons (Fsp3) is 0.500. The summed E-state index contributed by atoms with van der Waals surface area (Å²) in [6.45, 7) is 5.80. The smallest absolute Gasteiger partial charge is 0.338 e. The number of nitrogens with zero attached hydrogens (tertiary/aromatic N) is 3. The molecule has 1 amide bonds. The van der Waals surface area contributed by atoms with E-state index in [1.807, 2.05) is 11.8 Å². The number of carbonyl (C=O) groups is 2. The second-order valence-electron chi connectivity index (χ2n) is 5.40. The molecule has 0 spiro atoms. The van der Waals surface area contributed by atoms with Gasteiger partial charge in [-0.15, -0.1) is 0 Å². The van der Waals surface area contributed by atoms with Crippen LogP contribution >= 0.6 is 0 Å². The van der Waals surface area contributed by atoms with Crippen LogP contribution in [0.3, 0.4) is 0 Å². The highest BCUT2D eigenvalue weighted by molar-refractivity contribution is 5.91. The Labute approximate surface area is 140 Å². The summed E-state index contributed by atoms with van der Waals surface area (Å²) < 4.78 is 4.88. The quantitative estimate of drug-likeness (QED) is 0.463. The topological polar surface area (TPSA) is 93.0 Å². The van der Waals surface area contributed by atoms with Crippen LogP contribution in [0, 0.1) is 10.1 Å². The highest BCUT2D eigenvalue weighted by Crippen LogP contribution is 2.30. The molecule has 1 fully saturated rings. The van der Waals surface area contributed by atoms with Gasteiger partial charge < -0.3 is 14.5 Å². The van der Waals surface area contributed by atoms with E-state index in [0.717, 1.165) is 0 Å². The average molecular weight is 335 g/mol. The molecule has 0 atom stereocenters. The number of hydrogen-bond donors (Lipinski definition) is 0. The van der Waals surface area contributed by atoms with Crippen LogP contribution < -0.4 is 4.90 Å². The van der Waals surface area contributed by atoms with E-state index < -0.39 is 10.9 Å². The van der Waals surface area contributed by atoms with Crippen molar-refractivity contribution in [3.05, 3.63) is 33.9 Å². The Morgan fingerprint density at radius 1 is 1.21 bits per heavy atom. The van der Waals surface area contributed by atoms with Gasteiger partial charge in [0.25, 0.3) is 5.69 Å². The fourth-order valence-electron chi connectivity index (χ4n) is 2.70. The number of carbonyl (C=O) groups excluding carboxylic acids is 2.